The van der Waals surface area contributed by atoms with Crippen LogP contribution >= 0.6 is 0 Å². The summed E-state index contributed by atoms with van der Waals surface area (Å²) in [6, 6.07) is 6.30. The maximum absolute atomic E-state index is 10.8. The first-order chi connectivity index (χ1) is 8.91. The van der Waals surface area contributed by atoms with Gasteiger partial charge in [0.15, 0.2) is 0 Å². The smallest absolute Gasteiger partial charge is 0.0968 e. The van der Waals surface area contributed by atoms with Crippen LogP contribution in [-0.4, -0.2) is 41.8 Å². The minimum absolute atomic E-state index is 0.274. The van der Waals surface area contributed by atoms with Crippen molar-refractivity contribution in [2.75, 3.05) is 26.3 Å². The second-order valence-electron chi connectivity index (χ2n) is 6.08. The van der Waals surface area contributed by atoms with Gasteiger partial charge in [0.25, 0.3) is 0 Å². The number of hydrogen-bond acceptors (Lipinski definition) is 3. The van der Waals surface area contributed by atoms with Gasteiger partial charge in [-0.1, -0.05) is 29.3 Å². The van der Waals surface area contributed by atoms with Crippen LogP contribution in [0.25, 0.3) is 0 Å². The third-order valence-corrected chi connectivity index (χ3v) is 4.06. The maximum Gasteiger partial charge on any atom is 0.0968 e. The second-order valence-corrected chi connectivity index (χ2v) is 6.08. The zero-order chi connectivity index (χ0) is 14.0. The molecule has 0 saturated carbocycles. The molecule has 1 aliphatic heterocycles. The highest BCUT2D eigenvalue weighted by atomic mass is 16.5. The molecule has 1 atom stereocenters. The number of nitrogens with zero attached hydrogens (tertiary/aromatic N) is 1. The molecule has 1 heterocycles. The first kappa shape index (κ1) is 14.5. The summed E-state index contributed by atoms with van der Waals surface area (Å²) in [6.45, 7) is 11.6. The quantitative estimate of drug-likeness (QED) is 0.909. The van der Waals surface area contributed by atoms with Gasteiger partial charge in [-0.3, -0.25) is 4.90 Å². The second kappa shape index (κ2) is 5.61. The molecule has 19 heavy (non-hydrogen) atoms. The summed E-state index contributed by atoms with van der Waals surface area (Å²) in [5, 5.41) is 10.8. The Morgan fingerprint density at radius 2 is 1.63 bits per heavy atom. The molecule has 2 rings (SSSR count). The average Bonchev–Trinajstić information content (AvgIpc) is 2.37. The highest BCUT2D eigenvalue weighted by Crippen LogP contribution is 2.32. The Balaban J connectivity index is 2.22. The molecule has 1 fully saturated rings. The van der Waals surface area contributed by atoms with Crippen LogP contribution < -0.4 is 0 Å². The Morgan fingerprint density at radius 1 is 1.11 bits per heavy atom. The summed E-state index contributed by atoms with van der Waals surface area (Å²) in [5.74, 6) is 0. The van der Waals surface area contributed by atoms with E-state index in [1.54, 1.807) is 0 Å². The molecule has 0 amide bonds. The van der Waals surface area contributed by atoms with Crippen LogP contribution in [0.3, 0.4) is 0 Å². The molecule has 1 N–H and O–H groups in total. The predicted octanol–water partition coefficient (Wildman–Crippen LogP) is 2.45. The number of hydrogen-bond donors (Lipinski definition) is 1. The minimum Gasteiger partial charge on any atom is -0.386 e. The number of ether oxygens (including phenoxy) is 1. The van der Waals surface area contributed by atoms with Gasteiger partial charge in [-0.15, -0.1) is 0 Å². The van der Waals surface area contributed by atoms with Crippen LogP contribution in [0.2, 0.25) is 0 Å². The zero-order valence-electron chi connectivity index (χ0n) is 12.4. The van der Waals surface area contributed by atoms with Gasteiger partial charge < -0.3 is 9.84 Å². The highest BCUT2D eigenvalue weighted by Gasteiger charge is 2.36. The molecule has 0 aliphatic carbocycles. The fourth-order valence-electron chi connectivity index (χ4n) is 2.89. The largest absolute Gasteiger partial charge is 0.386 e. The number of rotatable bonds is 3. The zero-order valence-corrected chi connectivity index (χ0v) is 12.4. The molecule has 1 unspecified atom stereocenters. The Kier molecular flexibility index (Phi) is 4.29. The molecule has 0 bridgehead atoms. The number of aliphatic hydroxyl groups is 1. The summed E-state index contributed by atoms with van der Waals surface area (Å²) >= 11 is 0. The van der Waals surface area contributed by atoms with Crippen molar-refractivity contribution in [2.45, 2.75) is 39.3 Å². The molecule has 0 radical (unpaired) electrons. The van der Waals surface area contributed by atoms with Crippen molar-refractivity contribution in [1.82, 2.24) is 4.90 Å². The molecule has 1 aromatic carbocycles. The molecule has 1 saturated heterocycles. The van der Waals surface area contributed by atoms with Crippen molar-refractivity contribution in [2.24, 2.45) is 0 Å². The van der Waals surface area contributed by atoms with Gasteiger partial charge in [-0.25, -0.2) is 0 Å². The van der Waals surface area contributed by atoms with Gasteiger partial charge in [-0.2, -0.15) is 0 Å². The van der Waals surface area contributed by atoms with E-state index in [4.69, 9.17) is 4.74 Å². The van der Waals surface area contributed by atoms with E-state index < -0.39 is 6.10 Å². The summed E-state index contributed by atoms with van der Waals surface area (Å²) < 4.78 is 5.40. The van der Waals surface area contributed by atoms with Gasteiger partial charge in [0.2, 0.25) is 0 Å². The van der Waals surface area contributed by atoms with Gasteiger partial charge in [-0.05, 0) is 33.3 Å². The lowest BCUT2D eigenvalue weighted by molar-refractivity contribution is -0.0630. The third kappa shape index (κ3) is 3.16. The lowest BCUT2D eigenvalue weighted by Gasteiger charge is -2.44. The van der Waals surface area contributed by atoms with E-state index in [1.807, 2.05) is 0 Å². The SMILES string of the molecule is Cc1cc(C)cc(C(O)C(C)(C)N2CCOCC2)c1. The fourth-order valence-corrected chi connectivity index (χ4v) is 2.89. The molecule has 106 valence electrons. The fraction of sp³-hybridized carbons (Fsp3) is 0.625. The third-order valence-electron chi connectivity index (χ3n) is 4.06. The van der Waals surface area contributed by atoms with E-state index in [1.165, 1.54) is 11.1 Å². The highest BCUT2D eigenvalue weighted by molar-refractivity contribution is 5.31. The molecule has 3 nitrogen and oxygen atoms in total. The standard InChI is InChI=1S/C16H25NO2/c1-12-9-13(2)11-14(10-12)15(18)16(3,4)17-5-7-19-8-6-17/h9-11,15,18H,5-8H2,1-4H3. The average molecular weight is 263 g/mol. The number of aliphatic hydroxyl groups excluding tert-OH is 1. The molecular formula is C16H25NO2. The summed E-state index contributed by atoms with van der Waals surface area (Å²) in [7, 11) is 0. The first-order valence-electron chi connectivity index (χ1n) is 7.00. The van der Waals surface area contributed by atoms with Crippen molar-refractivity contribution in [3.63, 3.8) is 0 Å². The topological polar surface area (TPSA) is 32.7 Å². The van der Waals surface area contributed by atoms with Crippen LogP contribution in [0.1, 0.15) is 36.6 Å². The van der Waals surface area contributed by atoms with Crippen molar-refractivity contribution < 1.29 is 9.84 Å². The van der Waals surface area contributed by atoms with Gasteiger partial charge >= 0.3 is 0 Å². The Morgan fingerprint density at radius 3 is 2.16 bits per heavy atom. The number of benzene rings is 1. The molecule has 1 aliphatic rings. The lowest BCUT2D eigenvalue weighted by atomic mass is 9.88. The molecular weight excluding hydrogens is 238 g/mol. The van der Waals surface area contributed by atoms with Crippen LogP contribution in [0, 0.1) is 13.8 Å². The van der Waals surface area contributed by atoms with E-state index >= 15 is 0 Å². The van der Waals surface area contributed by atoms with Crippen molar-refractivity contribution >= 4 is 0 Å². The van der Waals surface area contributed by atoms with Gasteiger partial charge in [0.1, 0.15) is 0 Å². The molecule has 0 aromatic heterocycles. The van der Waals surface area contributed by atoms with E-state index in [-0.39, 0.29) is 5.54 Å². The Bertz CT molecular complexity index is 416. The van der Waals surface area contributed by atoms with Crippen molar-refractivity contribution in [1.29, 1.82) is 0 Å². The van der Waals surface area contributed by atoms with Crippen LogP contribution in [0.4, 0.5) is 0 Å². The van der Waals surface area contributed by atoms with Crippen molar-refractivity contribution in [3.05, 3.63) is 34.9 Å². The monoisotopic (exact) mass is 263 g/mol. The molecule has 3 heteroatoms. The summed E-state index contributed by atoms with van der Waals surface area (Å²) in [6.07, 6.45) is -0.482. The summed E-state index contributed by atoms with van der Waals surface area (Å²) in [4.78, 5) is 2.32. The Hall–Kier alpha value is -0.900. The normalized spacial score (nSPS) is 19.4. The molecule has 0 spiro atoms. The van der Waals surface area contributed by atoms with E-state index in [2.05, 4.69) is 50.8 Å². The van der Waals surface area contributed by atoms with E-state index in [0.717, 1.165) is 31.9 Å². The van der Waals surface area contributed by atoms with Gasteiger partial charge in [0, 0.05) is 18.6 Å². The van der Waals surface area contributed by atoms with E-state index in [0.29, 0.717) is 0 Å². The molecule has 1 aromatic rings. The Labute approximate surface area is 116 Å². The van der Waals surface area contributed by atoms with Crippen LogP contribution in [-0.2, 0) is 4.74 Å². The lowest BCUT2D eigenvalue weighted by Crippen LogP contribution is -2.53. The van der Waals surface area contributed by atoms with Crippen molar-refractivity contribution in [3.8, 4) is 0 Å². The number of morpholine rings is 1. The van der Waals surface area contributed by atoms with E-state index in [9.17, 15) is 5.11 Å². The van der Waals surface area contributed by atoms with Gasteiger partial charge in [0.05, 0.1) is 19.3 Å². The van der Waals surface area contributed by atoms with Crippen LogP contribution in [0.15, 0.2) is 18.2 Å². The maximum atomic E-state index is 10.8. The predicted molar refractivity (Wildman–Crippen MR) is 77.3 cm³/mol. The summed E-state index contributed by atoms with van der Waals surface area (Å²) in [5.41, 5.74) is 3.14. The number of aryl methyl sites for hydroxylation is 2. The first-order valence-corrected chi connectivity index (χ1v) is 7.00. The minimum atomic E-state index is -0.482. The van der Waals surface area contributed by atoms with Crippen LogP contribution in [0.5, 0.6) is 0 Å².